The zero-order chi connectivity index (χ0) is 16.2. The summed E-state index contributed by atoms with van der Waals surface area (Å²) in [6.45, 7) is 0.960. The van der Waals surface area contributed by atoms with Gasteiger partial charge < -0.3 is 14.6 Å². The normalized spacial score (nSPS) is 14.6. The number of hydrogen-bond donors (Lipinski definition) is 1. The molecule has 6 heteroatoms. The standard InChI is InChI=1S/C17H22N2O2S2/c1-19(2)9-8-13-10-18-14-4-3-5-15(16(13)14)21-17(20)23-22-11-12-6-7-12/h3-5,10,12,18H,6-9,11H2,1-2H3. The maximum atomic E-state index is 12.1. The molecule has 2 aromatic rings. The minimum absolute atomic E-state index is 0.233. The fraction of sp³-hybridized carbons (Fsp3) is 0.471. The number of aromatic nitrogens is 1. The molecular formula is C17H22N2O2S2. The summed E-state index contributed by atoms with van der Waals surface area (Å²) in [5.74, 6) is 2.51. The van der Waals surface area contributed by atoms with E-state index in [0.717, 1.165) is 35.5 Å². The first-order chi connectivity index (χ1) is 11.1. The summed E-state index contributed by atoms with van der Waals surface area (Å²) >= 11 is 0. The first kappa shape index (κ1) is 16.7. The highest BCUT2D eigenvalue weighted by molar-refractivity contribution is 8.82. The van der Waals surface area contributed by atoms with Crippen molar-refractivity contribution in [2.75, 3.05) is 26.4 Å². The highest BCUT2D eigenvalue weighted by Crippen LogP contribution is 2.38. The molecule has 1 aliphatic carbocycles. The highest BCUT2D eigenvalue weighted by atomic mass is 33.1. The van der Waals surface area contributed by atoms with Crippen LogP contribution in [0.2, 0.25) is 0 Å². The molecule has 1 N–H and O–H groups in total. The summed E-state index contributed by atoms with van der Waals surface area (Å²) < 4.78 is 5.61. The van der Waals surface area contributed by atoms with Crippen LogP contribution in [-0.4, -0.2) is 41.6 Å². The number of H-pyrrole nitrogens is 1. The molecule has 1 heterocycles. The molecule has 0 unspecified atom stereocenters. The second kappa shape index (κ2) is 7.64. The molecule has 0 saturated heterocycles. The van der Waals surface area contributed by atoms with Crippen molar-refractivity contribution in [2.45, 2.75) is 19.3 Å². The van der Waals surface area contributed by atoms with E-state index in [1.165, 1.54) is 29.2 Å². The molecule has 0 radical (unpaired) electrons. The lowest BCUT2D eigenvalue weighted by atomic mass is 10.1. The summed E-state index contributed by atoms with van der Waals surface area (Å²) in [4.78, 5) is 17.5. The van der Waals surface area contributed by atoms with Gasteiger partial charge in [0.25, 0.3) is 0 Å². The average Bonchev–Trinajstić information content (AvgIpc) is 3.23. The maximum Gasteiger partial charge on any atom is 0.383 e. The van der Waals surface area contributed by atoms with E-state index in [2.05, 4.69) is 24.0 Å². The van der Waals surface area contributed by atoms with Crippen molar-refractivity contribution in [3.63, 3.8) is 0 Å². The van der Waals surface area contributed by atoms with E-state index in [1.54, 1.807) is 10.8 Å². The monoisotopic (exact) mass is 350 g/mol. The van der Waals surface area contributed by atoms with Gasteiger partial charge in [-0.2, -0.15) is 0 Å². The van der Waals surface area contributed by atoms with Gasteiger partial charge in [-0.15, -0.1) is 0 Å². The van der Waals surface area contributed by atoms with Gasteiger partial charge in [0.15, 0.2) is 0 Å². The molecular weight excluding hydrogens is 328 g/mol. The van der Waals surface area contributed by atoms with Crippen LogP contribution in [0.3, 0.4) is 0 Å². The fourth-order valence-corrected chi connectivity index (χ4v) is 4.40. The largest absolute Gasteiger partial charge is 0.417 e. The number of benzene rings is 1. The third-order valence-corrected chi connectivity index (χ3v) is 6.01. The number of ether oxygens (including phenoxy) is 1. The molecule has 0 amide bonds. The third kappa shape index (κ3) is 4.68. The van der Waals surface area contributed by atoms with Crippen LogP contribution in [0.5, 0.6) is 5.75 Å². The predicted octanol–water partition coefficient (Wildman–Crippen LogP) is 4.56. The van der Waals surface area contributed by atoms with Crippen molar-refractivity contribution in [1.29, 1.82) is 0 Å². The van der Waals surface area contributed by atoms with Crippen molar-refractivity contribution in [2.24, 2.45) is 5.92 Å². The van der Waals surface area contributed by atoms with Crippen molar-refractivity contribution < 1.29 is 9.53 Å². The second-order valence-corrected chi connectivity index (χ2v) is 8.49. The average molecular weight is 351 g/mol. The molecule has 4 nitrogen and oxygen atoms in total. The van der Waals surface area contributed by atoms with E-state index in [0.29, 0.717) is 5.75 Å². The Labute approximate surface area is 144 Å². The Morgan fingerprint density at radius 1 is 1.39 bits per heavy atom. The Bertz CT molecular complexity index is 680. The number of aromatic amines is 1. The van der Waals surface area contributed by atoms with Gasteiger partial charge in [0.1, 0.15) is 5.75 Å². The SMILES string of the molecule is CN(C)CCc1c[nH]c2cccc(OC(=O)SSCC3CC3)c12. The number of likely N-dealkylation sites (N-methyl/N-ethyl adjacent to an activating group) is 1. The van der Waals surface area contributed by atoms with E-state index < -0.39 is 0 Å². The second-order valence-electron chi connectivity index (χ2n) is 6.21. The van der Waals surface area contributed by atoms with Crippen LogP contribution in [0, 0.1) is 5.92 Å². The number of hydrogen-bond acceptors (Lipinski definition) is 5. The van der Waals surface area contributed by atoms with Gasteiger partial charge in [-0.05, 0) is 57.0 Å². The van der Waals surface area contributed by atoms with Crippen LogP contribution in [0.15, 0.2) is 24.4 Å². The molecule has 1 aromatic heterocycles. The Balaban J connectivity index is 1.68. The summed E-state index contributed by atoms with van der Waals surface area (Å²) in [5.41, 5.74) is 2.20. The number of rotatable bonds is 7. The van der Waals surface area contributed by atoms with Crippen molar-refractivity contribution in [1.82, 2.24) is 9.88 Å². The summed E-state index contributed by atoms with van der Waals surface area (Å²) in [5, 5.41) is 0.790. The molecule has 124 valence electrons. The molecule has 0 aliphatic heterocycles. The first-order valence-electron chi connectivity index (χ1n) is 7.88. The maximum absolute atomic E-state index is 12.1. The summed E-state index contributed by atoms with van der Waals surface area (Å²) in [7, 11) is 6.93. The van der Waals surface area contributed by atoms with Gasteiger partial charge in [-0.25, -0.2) is 4.79 Å². The van der Waals surface area contributed by atoms with Crippen LogP contribution >= 0.6 is 21.6 Å². The minimum atomic E-state index is -0.233. The van der Waals surface area contributed by atoms with Crippen LogP contribution < -0.4 is 4.74 Å². The molecule has 1 fully saturated rings. The molecule has 23 heavy (non-hydrogen) atoms. The van der Waals surface area contributed by atoms with Crippen molar-refractivity contribution in [3.8, 4) is 5.75 Å². The molecule has 0 atom stereocenters. The lowest BCUT2D eigenvalue weighted by Crippen LogP contribution is -2.14. The first-order valence-corrected chi connectivity index (χ1v) is 10.2. The minimum Gasteiger partial charge on any atom is -0.417 e. The van der Waals surface area contributed by atoms with E-state index in [9.17, 15) is 4.79 Å². The van der Waals surface area contributed by atoms with Gasteiger partial charge in [0, 0.05) is 40.2 Å². The lowest BCUT2D eigenvalue weighted by molar-refractivity contribution is 0.228. The Kier molecular flexibility index (Phi) is 5.56. The number of carbonyl (C=O) groups excluding carboxylic acids is 1. The van der Waals surface area contributed by atoms with Gasteiger partial charge in [-0.3, -0.25) is 0 Å². The van der Waals surface area contributed by atoms with Gasteiger partial charge in [0.05, 0.1) is 0 Å². The predicted molar refractivity (Wildman–Crippen MR) is 99.4 cm³/mol. The van der Waals surface area contributed by atoms with Crippen molar-refractivity contribution in [3.05, 3.63) is 30.0 Å². The number of fused-ring (bicyclic) bond motifs is 1. The smallest absolute Gasteiger partial charge is 0.383 e. The fourth-order valence-electron chi connectivity index (χ4n) is 2.42. The zero-order valence-corrected chi connectivity index (χ0v) is 15.1. The Hall–Kier alpha value is -1.11. The van der Waals surface area contributed by atoms with Gasteiger partial charge in [0.2, 0.25) is 0 Å². The number of carbonyl (C=O) groups is 1. The van der Waals surface area contributed by atoms with E-state index in [1.807, 2.05) is 24.4 Å². The lowest BCUT2D eigenvalue weighted by Gasteiger charge is -2.10. The Morgan fingerprint density at radius 3 is 2.96 bits per heavy atom. The zero-order valence-electron chi connectivity index (χ0n) is 13.5. The quantitative estimate of drug-likeness (QED) is 0.586. The highest BCUT2D eigenvalue weighted by Gasteiger charge is 2.22. The van der Waals surface area contributed by atoms with Crippen LogP contribution in [0.1, 0.15) is 18.4 Å². The van der Waals surface area contributed by atoms with Crippen LogP contribution in [0.4, 0.5) is 4.79 Å². The van der Waals surface area contributed by atoms with Crippen molar-refractivity contribution >= 4 is 37.8 Å². The van der Waals surface area contributed by atoms with E-state index in [4.69, 9.17) is 4.74 Å². The van der Waals surface area contributed by atoms with Crippen LogP contribution in [0.25, 0.3) is 10.9 Å². The molecule has 0 bridgehead atoms. The molecule has 1 aliphatic rings. The van der Waals surface area contributed by atoms with E-state index in [-0.39, 0.29) is 5.30 Å². The third-order valence-electron chi connectivity index (χ3n) is 3.90. The molecule has 1 aromatic carbocycles. The number of nitrogens with zero attached hydrogens (tertiary/aromatic N) is 1. The molecule has 3 rings (SSSR count). The Morgan fingerprint density at radius 2 is 2.22 bits per heavy atom. The van der Waals surface area contributed by atoms with Crippen LogP contribution in [-0.2, 0) is 6.42 Å². The summed E-state index contributed by atoms with van der Waals surface area (Å²) in [6.07, 6.45) is 5.55. The topological polar surface area (TPSA) is 45.3 Å². The van der Waals surface area contributed by atoms with Gasteiger partial charge in [-0.1, -0.05) is 16.9 Å². The molecule has 1 saturated carbocycles. The van der Waals surface area contributed by atoms with Gasteiger partial charge >= 0.3 is 5.30 Å². The molecule has 0 spiro atoms. The van der Waals surface area contributed by atoms with E-state index >= 15 is 0 Å². The summed E-state index contributed by atoms with van der Waals surface area (Å²) in [6, 6.07) is 5.80. The number of nitrogens with one attached hydrogen (secondary N) is 1.